The molecule has 1 heterocycles. The van der Waals surface area contributed by atoms with Gasteiger partial charge in [-0.1, -0.05) is 6.42 Å². The Morgan fingerprint density at radius 2 is 2.15 bits per heavy atom. The second-order valence-electron chi connectivity index (χ2n) is 2.77. The van der Waals surface area contributed by atoms with Gasteiger partial charge in [0.2, 0.25) is 0 Å². The second-order valence-corrected chi connectivity index (χ2v) is 3.15. The molecule has 0 fully saturated rings. The van der Waals surface area contributed by atoms with Crippen LogP contribution in [0.5, 0.6) is 0 Å². The first-order chi connectivity index (χ1) is 6.43. The molecule has 0 aliphatic heterocycles. The molecule has 0 aromatic carbocycles. The van der Waals surface area contributed by atoms with E-state index in [0.29, 0.717) is 0 Å². The summed E-state index contributed by atoms with van der Waals surface area (Å²) in [7, 11) is 0. The number of alkyl halides is 1. The van der Waals surface area contributed by atoms with Gasteiger partial charge in [0.15, 0.2) is 0 Å². The summed E-state index contributed by atoms with van der Waals surface area (Å²) >= 11 is 5.55. The number of nitrogens with one attached hydrogen (secondary N) is 1. The highest BCUT2D eigenvalue weighted by molar-refractivity contribution is 6.17. The third kappa shape index (κ3) is 4.68. The smallest absolute Gasteiger partial charge is 0.144 e. The molecule has 0 atom stereocenters. The van der Waals surface area contributed by atoms with Crippen LogP contribution in [0.1, 0.15) is 19.3 Å². The average Bonchev–Trinajstić information content (AvgIpc) is 2.19. The second kappa shape index (κ2) is 6.66. The topological polar surface area (TPSA) is 37.8 Å². The Bertz CT molecular complexity index is 215. The minimum absolute atomic E-state index is 0.755. The van der Waals surface area contributed by atoms with E-state index < -0.39 is 0 Å². The molecule has 4 heteroatoms. The highest BCUT2D eigenvalue weighted by atomic mass is 35.5. The summed E-state index contributed by atoms with van der Waals surface area (Å²) in [5, 5.41) is 3.19. The number of hydrogen-bond acceptors (Lipinski definition) is 3. The molecule has 1 rings (SSSR count). The minimum atomic E-state index is 0.755. The number of unbranched alkanes of at least 4 members (excludes halogenated alkanes) is 2. The van der Waals surface area contributed by atoms with Crippen LogP contribution >= 0.6 is 11.6 Å². The number of anilines is 1. The summed E-state index contributed by atoms with van der Waals surface area (Å²) in [5.41, 5.74) is 0. The summed E-state index contributed by atoms with van der Waals surface area (Å²) in [4.78, 5) is 8.05. The number of hydrogen-bond donors (Lipinski definition) is 1. The van der Waals surface area contributed by atoms with Crippen LogP contribution in [0.2, 0.25) is 0 Å². The molecule has 0 spiro atoms. The van der Waals surface area contributed by atoms with Crippen molar-refractivity contribution in [3.05, 3.63) is 18.6 Å². The third-order valence-electron chi connectivity index (χ3n) is 1.68. The van der Waals surface area contributed by atoms with Crippen LogP contribution in [-0.4, -0.2) is 22.4 Å². The third-order valence-corrected chi connectivity index (χ3v) is 1.95. The van der Waals surface area contributed by atoms with Gasteiger partial charge < -0.3 is 5.32 Å². The van der Waals surface area contributed by atoms with Gasteiger partial charge in [-0.25, -0.2) is 4.98 Å². The molecule has 1 aromatic rings. The van der Waals surface area contributed by atoms with E-state index in [9.17, 15) is 0 Å². The molecule has 0 amide bonds. The zero-order valence-corrected chi connectivity index (χ0v) is 8.30. The van der Waals surface area contributed by atoms with Crippen LogP contribution in [0, 0.1) is 0 Å². The van der Waals surface area contributed by atoms with Gasteiger partial charge in [0.05, 0.1) is 6.20 Å². The standard InChI is InChI=1S/C9H14ClN3/c10-4-2-1-3-5-12-9-8-11-6-7-13-9/h6-8H,1-5H2,(H,12,13). The molecule has 3 nitrogen and oxygen atoms in total. The van der Waals surface area contributed by atoms with E-state index in [1.807, 2.05) is 0 Å². The number of rotatable bonds is 6. The Labute approximate surface area is 83.5 Å². The zero-order chi connectivity index (χ0) is 9.36. The van der Waals surface area contributed by atoms with E-state index in [1.54, 1.807) is 18.6 Å². The van der Waals surface area contributed by atoms with Crippen molar-refractivity contribution in [1.29, 1.82) is 0 Å². The van der Waals surface area contributed by atoms with Gasteiger partial charge in [0.1, 0.15) is 5.82 Å². The van der Waals surface area contributed by atoms with Gasteiger partial charge in [-0.2, -0.15) is 0 Å². The van der Waals surface area contributed by atoms with Crippen molar-refractivity contribution in [2.75, 3.05) is 17.7 Å². The van der Waals surface area contributed by atoms with Crippen molar-refractivity contribution in [3.63, 3.8) is 0 Å². The normalized spacial score (nSPS) is 9.92. The van der Waals surface area contributed by atoms with Crippen LogP contribution in [0.15, 0.2) is 18.6 Å². The maximum Gasteiger partial charge on any atom is 0.144 e. The highest BCUT2D eigenvalue weighted by Gasteiger charge is 1.91. The fourth-order valence-corrected chi connectivity index (χ4v) is 1.19. The van der Waals surface area contributed by atoms with Crippen LogP contribution in [0.25, 0.3) is 0 Å². The molecule has 72 valence electrons. The fraction of sp³-hybridized carbons (Fsp3) is 0.556. The first kappa shape index (κ1) is 10.3. The number of nitrogens with zero attached hydrogens (tertiary/aromatic N) is 2. The van der Waals surface area contributed by atoms with Crippen LogP contribution in [0.3, 0.4) is 0 Å². The summed E-state index contributed by atoms with van der Waals surface area (Å²) in [6.07, 6.45) is 8.45. The Morgan fingerprint density at radius 3 is 2.85 bits per heavy atom. The Balaban J connectivity index is 2.07. The summed E-state index contributed by atoms with van der Waals surface area (Å²) in [6.45, 7) is 0.940. The first-order valence-corrected chi connectivity index (χ1v) is 5.03. The summed E-state index contributed by atoms with van der Waals surface area (Å²) in [6, 6.07) is 0. The van der Waals surface area contributed by atoms with Crippen LogP contribution < -0.4 is 5.32 Å². The molecule has 0 aliphatic rings. The lowest BCUT2D eigenvalue weighted by atomic mass is 10.2. The molecule has 0 bridgehead atoms. The average molecular weight is 200 g/mol. The highest BCUT2D eigenvalue weighted by Crippen LogP contribution is 2.00. The molecule has 13 heavy (non-hydrogen) atoms. The van der Waals surface area contributed by atoms with Gasteiger partial charge in [-0.15, -0.1) is 11.6 Å². The molecule has 0 saturated carbocycles. The van der Waals surface area contributed by atoms with E-state index in [2.05, 4.69) is 15.3 Å². The van der Waals surface area contributed by atoms with Gasteiger partial charge in [-0.05, 0) is 12.8 Å². The SMILES string of the molecule is ClCCCCCNc1cnccn1. The molecular formula is C9H14ClN3. The molecule has 1 N–H and O–H groups in total. The predicted molar refractivity (Wildman–Crippen MR) is 55.1 cm³/mol. The summed E-state index contributed by atoms with van der Waals surface area (Å²) in [5.74, 6) is 1.60. The van der Waals surface area contributed by atoms with E-state index in [-0.39, 0.29) is 0 Å². The molecular weight excluding hydrogens is 186 g/mol. The van der Waals surface area contributed by atoms with E-state index in [4.69, 9.17) is 11.6 Å². The Kier molecular flexibility index (Phi) is 5.25. The minimum Gasteiger partial charge on any atom is -0.369 e. The van der Waals surface area contributed by atoms with Crippen molar-refractivity contribution in [3.8, 4) is 0 Å². The molecule has 0 unspecified atom stereocenters. The lowest BCUT2D eigenvalue weighted by Gasteiger charge is -2.03. The summed E-state index contributed by atoms with van der Waals surface area (Å²) < 4.78 is 0. The fourth-order valence-electron chi connectivity index (χ4n) is 1.00. The predicted octanol–water partition coefficient (Wildman–Crippen LogP) is 2.30. The van der Waals surface area contributed by atoms with Gasteiger partial charge in [-0.3, -0.25) is 4.98 Å². The molecule has 0 aliphatic carbocycles. The van der Waals surface area contributed by atoms with E-state index in [1.165, 1.54) is 0 Å². The van der Waals surface area contributed by atoms with Crippen LogP contribution in [0.4, 0.5) is 5.82 Å². The largest absolute Gasteiger partial charge is 0.369 e. The Morgan fingerprint density at radius 1 is 1.23 bits per heavy atom. The van der Waals surface area contributed by atoms with E-state index >= 15 is 0 Å². The Hall–Kier alpha value is -0.830. The van der Waals surface area contributed by atoms with Crippen LogP contribution in [-0.2, 0) is 0 Å². The monoisotopic (exact) mass is 199 g/mol. The zero-order valence-electron chi connectivity index (χ0n) is 7.54. The molecule has 0 radical (unpaired) electrons. The van der Waals surface area contributed by atoms with E-state index in [0.717, 1.165) is 37.5 Å². The maximum absolute atomic E-state index is 5.55. The quantitative estimate of drug-likeness (QED) is 0.565. The first-order valence-electron chi connectivity index (χ1n) is 4.49. The lowest BCUT2D eigenvalue weighted by Crippen LogP contribution is -2.03. The van der Waals surface area contributed by atoms with Crippen molar-refractivity contribution in [1.82, 2.24) is 9.97 Å². The number of aromatic nitrogens is 2. The van der Waals surface area contributed by atoms with Crippen molar-refractivity contribution < 1.29 is 0 Å². The van der Waals surface area contributed by atoms with Crippen molar-refractivity contribution >= 4 is 17.4 Å². The van der Waals surface area contributed by atoms with Gasteiger partial charge in [0.25, 0.3) is 0 Å². The van der Waals surface area contributed by atoms with Gasteiger partial charge in [0, 0.05) is 24.8 Å². The molecule has 0 saturated heterocycles. The van der Waals surface area contributed by atoms with Crippen molar-refractivity contribution in [2.45, 2.75) is 19.3 Å². The lowest BCUT2D eigenvalue weighted by molar-refractivity contribution is 0.745. The van der Waals surface area contributed by atoms with Gasteiger partial charge >= 0.3 is 0 Å². The van der Waals surface area contributed by atoms with Crippen molar-refractivity contribution in [2.24, 2.45) is 0 Å². The number of halogens is 1. The molecule has 1 aromatic heterocycles. The maximum atomic E-state index is 5.55.